The molecule has 2 aliphatic heterocycles. The van der Waals surface area contributed by atoms with Gasteiger partial charge < -0.3 is 29.0 Å². The normalized spacial score (nSPS) is 28.2. The Morgan fingerprint density at radius 3 is 2.71 bits per heavy atom. The number of aromatic nitrogens is 3. The molecule has 5 atom stereocenters. The molecule has 4 heterocycles. The van der Waals surface area contributed by atoms with E-state index >= 15 is 0 Å². The van der Waals surface area contributed by atoms with E-state index < -0.39 is 36.4 Å². The number of ether oxygens (including phenoxy) is 3. The average molecular weight is 466 g/mol. The highest BCUT2D eigenvalue weighted by Crippen LogP contribution is 2.47. The van der Waals surface area contributed by atoms with Gasteiger partial charge in [-0.2, -0.15) is 0 Å². The molecule has 31 heavy (non-hydrogen) atoms. The third-order valence-electron chi connectivity index (χ3n) is 5.70. The van der Waals surface area contributed by atoms with Crippen molar-refractivity contribution in [3.05, 3.63) is 58.1 Å². The van der Waals surface area contributed by atoms with Crippen LogP contribution in [-0.2, 0) is 20.8 Å². The lowest BCUT2D eigenvalue weighted by Gasteiger charge is -2.28. The Kier molecular flexibility index (Phi) is 5.22. The Hall–Kier alpha value is -1.78. The van der Waals surface area contributed by atoms with E-state index in [9.17, 15) is 10.2 Å². The number of benzene rings is 1. The molecule has 0 bridgehead atoms. The second-order valence-electron chi connectivity index (χ2n) is 8.13. The fourth-order valence-corrected chi connectivity index (χ4v) is 4.79. The topological polar surface area (TPSA) is 98.9 Å². The summed E-state index contributed by atoms with van der Waals surface area (Å²) in [4.78, 5) is 8.36. The van der Waals surface area contributed by atoms with Crippen LogP contribution in [0.5, 0.6) is 0 Å². The van der Waals surface area contributed by atoms with E-state index in [1.54, 1.807) is 24.4 Å². The lowest BCUT2D eigenvalue weighted by molar-refractivity contribution is -0.207. The second kappa shape index (κ2) is 7.67. The maximum atomic E-state index is 11.2. The summed E-state index contributed by atoms with van der Waals surface area (Å²) in [7, 11) is 0. The van der Waals surface area contributed by atoms with Gasteiger partial charge in [-0.05, 0) is 43.2 Å². The van der Waals surface area contributed by atoms with Crippen molar-refractivity contribution in [3.8, 4) is 0 Å². The molecule has 1 aromatic carbocycles. The highest BCUT2D eigenvalue weighted by atomic mass is 35.5. The van der Waals surface area contributed by atoms with Crippen LogP contribution in [0.3, 0.4) is 0 Å². The molecule has 0 aliphatic carbocycles. The molecule has 3 aromatic rings. The molecule has 5 rings (SSSR count). The van der Waals surface area contributed by atoms with Crippen molar-refractivity contribution in [2.75, 3.05) is 0 Å². The van der Waals surface area contributed by atoms with Crippen molar-refractivity contribution in [2.24, 2.45) is 0 Å². The molecule has 0 amide bonds. The fourth-order valence-electron chi connectivity index (χ4n) is 4.41. The summed E-state index contributed by atoms with van der Waals surface area (Å²) in [5.74, 6) is -0.856. The SMILES string of the molecule is CC1(C)O[C@H]2[C@@H](O1)[C@H](n1ccc3c(Cl)ncnc31)O[C@@H]2[C@H](O)c1ccc(Cl)cc1CO. The Morgan fingerprint density at radius 2 is 1.94 bits per heavy atom. The van der Waals surface area contributed by atoms with Gasteiger partial charge >= 0.3 is 0 Å². The van der Waals surface area contributed by atoms with Gasteiger partial charge in [0.2, 0.25) is 0 Å². The minimum absolute atomic E-state index is 0.266. The van der Waals surface area contributed by atoms with Gasteiger partial charge in [-0.15, -0.1) is 0 Å². The standard InChI is InChI=1S/C21H21Cl2N3O5/c1-21(2)30-16-15(14(28)12-4-3-11(22)7-10(12)8-27)29-20(17(16)31-21)26-6-5-13-18(23)24-9-25-19(13)26/h3-7,9,14-17,20,27-28H,8H2,1-2H3/t14-,15-,16-,17-,20-/m1/s1. The predicted octanol–water partition coefficient (Wildman–Crippen LogP) is 3.38. The van der Waals surface area contributed by atoms with E-state index in [0.717, 1.165) is 0 Å². The van der Waals surface area contributed by atoms with Crippen molar-refractivity contribution in [3.63, 3.8) is 0 Å². The zero-order valence-corrected chi connectivity index (χ0v) is 18.3. The molecule has 0 unspecified atom stereocenters. The van der Waals surface area contributed by atoms with Gasteiger partial charge in [-0.25, -0.2) is 9.97 Å². The van der Waals surface area contributed by atoms with E-state index in [2.05, 4.69) is 9.97 Å². The number of hydrogen-bond donors (Lipinski definition) is 2. The van der Waals surface area contributed by atoms with Gasteiger partial charge in [-0.3, -0.25) is 0 Å². The van der Waals surface area contributed by atoms with E-state index in [4.69, 9.17) is 37.4 Å². The van der Waals surface area contributed by atoms with Crippen LogP contribution in [0, 0.1) is 0 Å². The van der Waals surface area contributed by atoms with Crippen molar-refractivity contribution in [2.45, 2.75) is 56.9 Å². The van der Waals surface area contributed by atoms with E-state index in [1.165, 1.54) is 6.33 Å². The van der Waals surface area contributed by atoms with Gasteiger partial charge in [0.25, 0.3) is 0 Å². The molecule has 2 saturated heterocycles. The number of aliphatic hydroxyl groups excluding tert-OH is 2. The van der Waals surface area contributed by atoms with Crippen LogP contribution in [-0.4, -0.2) is 48.8 Å². The van der Waals surface area contributed by atoms with Crippen LogP contribution in [0.2, 0.25) is 10.2 Å². The fraction of sp³-hybridized carbons (Fsp3) is 0.429. The van der Waals surface area contributed by atoms with Crippen LogP contribution < -0.4 is 0 Å². The van der Waals surface area contributed by atoms with E-state index in [0.29, 0.717) is 32.3 Å². The van der Waals surface area contributed by atoms with Crippen molar-refractivity contribution in [1.29, 1.82) is 0 Å². The maximum Gasteiger partial charge on any atom is 0.164 e. The van der Waals surface area contributed by atoms with E-state index in [-0.39, 0.29) is 6.61 Å². The molecule has 2 N–H and O–H groups in total. The Balaban J connectivity index is 1.55. The average Bonchev–Trinajstić information content (AvgIpc) is 3.38. The van der Waals surface area contributed by atoms with Gasteiger partial charge in [0, 0.05) is 11.2 Å². The summed E-state index contributed by atoms with van der Waals surface area (Å²) >= 11 is 12.3. The molecular weight excluding hydrogens is 445 g/mol. The summed E-state index contributed by atoms with van der Waals surface area (Å²) < 4.78 is 20.4. The molecule has 8 nitrogen and oxygen atoms in total. The lowest BCUT2D eigenvalue weighted by atomic mass is 9.95. The summed E-state index contributed by atoms with van der Waals surface area (Å²) in [5.41, 5.74) is 1.63. The highest BCUT2D eigenvalue weighted by molar-refractivity contribution is 6.33. The Bertz CT molecular complexity index is 1140. The Labute approximate surface area is 188 Å². The molecule has 0 radical (unpaired) electrons. The number of nitrogens with zero attached hydrogens (tertiary/aromatic N) is 3. The number of rotatable bonds is 4. The van der Waals surface area contributed by atoms with Crippen LogP contribution in [0.4, 0.5) is 0 Å². The monoisotopic (exact) mass is 465 g/mol. The molecule has 2 fully saturated rings. The molecule has 10 heteroatoms. The molecule has 164 valence electrons. The highest BCUT2D eigenvalue weighted by Gasteiger charge is 2.58. The summed E-state index contributed by atoms with van der Waals surface area (Å²) in [5, 5.41) is 22.5. The zero-order chi connectivity index (χ0) is 21.9. The molecular formula is C21H21Cl2N3O5. The largest absolute Gasteiger partial charge is 0.392 e. The molecule has 2 aromatic heterocycles. The van der Waals surface area contributed by atoms with Crippen molar-refractivity contribution >= 4 is 34.2 Å². The molecule has 0 spiro atoms. The third-order valence-corrected chi connectivity index (χ3v) is 6.24. The summed E-state index contributed by atoms with van der Waals surface area (Å²) in [6.07, 6.45) is -0.294. The number of fused-ring (bicyclic) bond motifs is 2. The quantitative estimate of drug-likeness (QED) is 0.569. The van der Waals surface area contributed by atoms with Gasteiger partial charge in [0.1, 0.15) is 41.5 Å². The summed E-state index contributed by atoms with van der Waals surface area (Å²) in [6, 6.07) is 6.78. The lowest BCUT2D eigenvalue weighted by Crippen LogP contribution is -2.34. The maximum absolute atomic E-state index is 11.2. The van der Waals surface area contributed by atoms with Gasteiger partial charge in [-0.1, -0.05) is 29.3 Å². The predicted molar refractivity (Wildman–Crippen MR) is 113 cm³/mol. The Morgan fingerprint density at radius 1 is 1.16 bits per heavy atom. The van der Waals surface area contributed by atoms with Crippen LogP contribution in [0.1, 0.15) is 37.3 Å². The number of aliphatic hydroxyl groups is 2. The van der Waals surface area contributed by atoms with Gasteiger partial charge in [0.15, 0.2) is 12.0 Å². The van der Waals surface area contributed by atoms with Gasteiger partial charge in [0.05, 0.1) is 12.0 Å². The number of hydrogen-bond acceptors (Lipinski definition) is 7. The van der Waals surface area contributed by atoms with Crippen LogP contribution >= 0.6 is 23.2 Å². The summed E-state index contributed by atoms with van der Waals surface area (Å²) in [6.45, 7) is 3.37. The zero-order valence-electron chi connectivity index (χ0n) is 16.8. The first-order valence-electron chi connectivity index (χ1n) is 9.84. The van der Waals surface area contributed by atoms with Crippen molar-refractivity contribution < 1.29 is 24.4 Å². The first kappa shape index (κ1) is 21.1. The third kappa shape index (κ3) is 3.52. The van der Waals surface area contributed by atoms with Crippen LogP contribution in [0.15, 0.2) is 36.8 Å². The van der Waals surface area contributed by atoms with E-state index in [1.807, 2.05) is 24.5 Å². The number of halogens is 2. The van der Waals surface area contributed by atoms with Crippen LogP contribution in [0.25, 0.3) is 11.0 Å². The molecule has 0 saturated carbocycles. The van der Waals surface area contributed by atoms with Crippen molar-refractivity contribution in [1.82, 2.24) is 14.5 Å². The molecule has 2 aliphatic rings. The minimum Gasteiger partial charge on any atom is -0.392 e. The first-order chi connectivity index (χ1) is 14.8. The second-order valence-corrected chi connectivity index (χ2v) is 8.92. The first-order valence-corrected chi connectivity index (χ1v) is 10.6. The minimum atomic E-state index is -1.07. The smallest absolute Gasteiger partial charge is 0.164 e.